The van der Waals surface area contributed by atoms with Crippen LogP contribution in [0.3, 0.4) is 0 Å². The van der Waals surface area contributed by atoms with Crippen LogP contribution in [0.5, 0.6) is 0 Å². The van der Waals surface area contributed by atoms with Crippen molar-refractivity contribution in [1.82, 2.24) is 4.31 Å². The summed E-state index contributed by atoms with van der Waals surface area (Å²) in [5.74, 6) is -3.71. The van der Waals surface area contributed by atoms with Gasteiger partial charge >= 0.3 is 11.9 Å². The van der Waals surface area contributed by atoms with Crippen LogP contribution in [-0.4, -0.2) is 49.6 Å². The average molecular weight is 834 g/mol. The van der Waals surface area contributed by atoms with Crippen molar-refractivity contribution in [1.29, 1.82) is 0 Å². The van der Waals surface area contributed by atoms with Crippen LogP contribution < -0.4 is 9.80 Å². The van der Waals surface area contributed by atoms with E-state index in [0.717, 1.165) is 28.1 Å². The van der Waals surface area contributed by atoms with Gasteiger partial charge in [-0.1, -0.05) is 145 Å². The number of nitrogens with zero attached hydrogens (tertiary/aromatic N) is 3. The number of hydrogen-bond donors (Lipinski definition) is 0. The van der Waals surface area contributed by atoms with Crippen LogP contribution in [0.4, 0.5) is 11.4 Å². The molecule has 0 N–H and O–H groups in total. The Morgan fingerprint density at radius 3 is 1.33 bits per heavy atom. The molecule has 0 amide bonds. The van der Waals surface area contributed by atoms with E-state index in [9.17, 15) is 0 Å². The van der Waals surface area contributed by atoms with Crippen molar-refractivity contribution in [3.63, 3.8) is 0 Å². The van der Waals surface area contributed by atoms with E-state index in [-0.39, 0.29) is 4.90 Å². The predicted molar refractivity (Wildman–Crippen MR) is 238 cm³/mol. The largest absolute Gasteiger partial charge is 0.469 e. The first-order valence-electron chi connectivity index (χ1n) is 20.6. The Labute approximate surface area is 359 Å². The van der Waals surface area contributed by atoms with Gasteiger partial charge in [-0.25, -0.2) is 8.42 Å². The fraction of sp³-hybridized carbons (Fsp3) is 0.255. The van der Waals surface area contributed by atoms with E-state index in [1.165, 1.54) is 11.4 Å². The molecule has 2 aliphatic rings. The molecule has 0 saturated carbocycles. The van der Waals surface area contributed by atoms with E-state index in [2.05, 4.69) is 34.1 Å². The molecule has 2 saturated heterocycles. The zero-order chi connectivity index (χ0) is 42.9. The highest BCUT2D eigenvalue weighted by Gasteiger charge is 2.67. The molecule has 0 radical (unpaired) electrons. The lowest BCUT2D eigenvalue weighted by molar-refractivity contribution is -0.160. The molecule has 61 heavy (non-hydrogen) atoms. The summed E-state index contributed by atoms with van der Waals surface area (Å²) < 4.78 is 44.6. The topological polar surface area (TPSA) is 96.5 Å². The maximum absolute atomic E-state index is 15.6. The Kier molecular flexibility index (Phi) is 11.6. The minimum Gasteiger partial charge on any atom is -0.469 e. The van der Waals surface area contributed by atoms with Crippen molar-refractivity contribution in [2.24, 2.45) is 11.8 Å². The number of para-hydroxylation sites is 2. The van der Waals surface area contributed by atoms with Gasteiger partial charge in [-0.15, -0.1) is 0 Å². The van der Waals surface area contributed by atoms with Crippen LogP contribution in [0.15, 0.2) is 181 Å². The number of carbonyl (C=O) groups excluding carboxylic acids is 2. The van der Waals surface area contributed by atoms with Crippen LogP contribution >= 0.6 is 0 Å². The summed E-state index contributed by atoms with van der Waals surface area (Å²) >= 11 is 0. The predicted octanol–water partition coefficient (Wildman–Crippen LogP) is 9.69. The van der Waals surface area contributed by atoms with E-state index in [1.54, 1.807) is 45.0 Å². The van der Waals surface area contributed by atoms with E-state index in [0.29, 0.717) is 5.56 Å². The van der Waals surface area contributed by atoms with Gasteiger partial charge in [0.2, 0.25) is 10.0 Å². The van der Waals surface area contributed by atoms with Crippen molar-refractivity contribution < 1.29 is 27.5 Å². The first-order chi connectivity index (χ1) is 29.4. The number of carbonyl (C=O) groups is 2. The highest BCUT2D eigenvalue weighted by Crippen LogP contribution is 2.59. The first kappa shape index (κ1) is 41.5. The van der Waals surface area contributed by atoms with Crippen LogP contribution in [0, 0.1) is 18.8 Å². The van der Waals surface area contributed by atoms with Crippen molar-refractivity contribution in [2.75, 3.05) is 16.9 Å². The average Bonchev–Trinajstić information content (AvgIpc) is 3.82. The summed E-state index contributed by atoms with van der Waals surface area (Å²) in [6.45, 7) is 7.17. The Balaban J connectivity index is 1.51. The third kappa shape index (κ3) is 7.93. The molecule has 0 bridgehead atoms. The Bertz CT molecular complexity index is 2450. The highest BCUT2D eigenvalue weighted by atomic mass is 32.2. The minimum atomic E-state index is -4.55. The first-order valence-corrected chi connectivity index (χ1v) is 22.1. The third-order valence-corrected chi connectivity index (χ3v) is 13.6. The zero-order valence-corrected chi connectivity index (χ0v) is 35.8. The van der Waals surface area contributed by atoms with Crippen LogP contribution in [0.1, 0.15) is 61.2 Å². The quantitative estimate of drug-likeness (QED) is 0.126. The second-order valence-corrected chi connectivity index (χ2v) is 18.6. The molecule has 0 unspecified atom stereocenters. The Morgan fingerprint density at radius 1 is 0.541 bits per heavy atom. The molecule has 2 aliphatic heterocycles. The summed E-state index contributed by atoms with van der Waals surface area (Å²) in [4.78, 5) is 35.1. The van der Waals surface area contributed by atoms with Gasteiger partial charge in [0.05, 0.1) is 36.0 Å². The number of benzene rings is 6. The molecule has 9 nitrogen and oxygen atoms in total. The second kappa shape index (κ2) is 17.0. The van der Waals surface area contributed by atoms with Crippen molar-refractivity contribution >= 4 is 33.3 Å². The molecule has 10 heteroatoms. The zero-order valence-electron chi connectivity index (χ0n) is 35.0. The standard InChI is InChI=1S/C51H51N3O6S/c1-35-31-33-41(34-32-35)61(57,58)54-44(36-21-11-6-12-22-36)43(49(55)59-5)42(47(54)50(56)60-51(2,3)4)48-52(39-27-17-9-18-28-39)45(37-23-13-7-14-24-37)46(38-25-15-8-16-26-38)53(48)40-29-19-10-20-30-40/h6-34,42-48H,1-5H3/t42-,43-,44-,45-,46-,47-/m1/s1. The molecular formula is C51H51N3O6S. The van der Waals surface area contributed by atoms with Crippen molar-refractivity contribution in [3.05, 3.63) is 198 Å². The molecule has 0 aromatic heterocycles. The highest BCUT2D eigenvalue weighted by molar-refractivity contribution is 7.89. The maximum atomic E-state index is 15.6. The normalized spacial score (nSPS) is 22.2. The summed E-state index contributed by atoms with van der Waals surface area (Å²) in [6.07, 6.45) is -0.855. The molecule has 2 fully saturated rings. The SMILES string of the molecule is COC(=O)[C@@H]1[C@@H](C2N(c3ccccc3)[C@H](c3ccccc3)[C@@H](c3ccccc3)N2c2ccccc2)[C@H](C(=O)OC(C)(C)C)N(S(=O)(=O)c2ccc(C)cc2)[C@@H]1c1ccccc1. The van der Waals surface area contributed by atoms with Crippen LogP contribution in [-0.2, 0) is 29.1 Å². The van der Waals surface area contributed by atoms with E-state index in [1.807, 2.05) is 134 Å². The number of rotatable bonds is 10. The minimum absolute atomic E-state index is 0.00701. The van der Waals surface area contributed by atoms with Gasteiger partial charge < -0.3 is 19.3 Å². The Morgan fingerprint density at radius 2 is 0.934 bits per heavy atom. The number of esters is 2. The molecule has 8 rings (SSSR count). The lowest BCUT2D eigenvalue weighted by Gasteiger charge is -2.42. The number of sulfonamides is 1. The number of anilines is 2. The number of aryl methyl sites for hydroxylation is 1. The number of methoxy groups -OCH3 is 1. The van der Waals surface area contributed by atoms with Gasteiger partial charge in [0, 0.05) is 17.3 Å². The molecular weight excluding hydrogens is 783 g/mol. The molecule has 312 valence electrons. The summed E-state index contributed by atoms with van der Waals surface area (Å²) in [6, 6.07) is 52.4. The molecule has 6 atom stereocenters. The summed E-state index contributed by atoms with van der Waals surface area (Å²) in [7, 11) is -3.23. The monoisotopic (exact) mass is 833 g/mol. The molecule has 6 aromatic rings. The third-order valence-electron chi connectivity index (χ3n) is 11.7. The second-order valence-electron chi connectivity index (χ2n) is 16.7. The van der Waals surface area contributed by atoms with Gasteiger partial charge in [-0.2, -0.15) is 4.31 Å². The molecule has 6 aromatic carbocycles. The van der Waals surface area contributed by atoms with E-state index >= 15 is 18.0 Å². The van der Waals surface area contributed by atoms with Gasteiger partial charge in [0.15, 0.2) is 0 Å². The lowest BCUT2D eigenvalue weighted by Crippen LogP contribution is -2.56. The number of ether oxygens (including phenoxy) is 2. The van der Waals surface area contributed by atoms with Gasteiger partial charge in [-0.05, 0) is 80.8 Å². The van der Waals surface area contributed by atoms with Crippen LogP contribution in [0.2, 0.25) is 0 Å². The molecule has 0 spiro atoms. The number of hydrogen-bond acceptors (Lipinski definition) is 8. The molecule has 2 heterocycles. The van der Waals surface area contributed by atoms with Crippen molar-refractivity contribution in [2.45, 2.75) is 68.5 Å². The fourth-order valence-electron chi connectivity index (χ4n) is 9.39. The summed E-state index contributed by atoms with van der Waals surface area (Å²) in [5.41, 5.74) is 4.03. The maximum Gasteiger partial charge on any atom is 0.325 e. The van der Waals surface area contributed by atoms with Crippen LogP contribution in [0.25, 0.3) is 0 Å². The molecule has 0 aliphatic carbocycles. The lowest BCUT2D eigenvalue weighted by atomic mass is 9.81. The van der Waals surface area contributed by atoms with Crippen molar-refractivity contribution in [3.8, 4) is 0 Å². The smallest absolute Gasteiger partial charge is 0.325 e. The summed E-state index contributed by atoms with van der Waals surface area (Å²) in [5, 5.41) is 0. The van der Waals surface area contributed by atoms with Gasteiger partial charge in [0.25, 0.3) is 0 Å². The Hall–Kier alpha value is -6.23. The van der Waals surface area contributed by atoms with Gasteiger partial charge in [0.1, 0.15) is 17.8 Å². The van der Waals surface area contributed by atoms with Gasteiger partial charge in [-0.3, -0.25) is 9.59 Å². The van der Waals surface area contributed by atoms with E-state index < -0.39 is 69.7 Å². The fourth-order valence-corrected chi connectivity index (χ4v) is 11.2. The van der Waals surface area contributed by atoms with E-state index in [4.69, 9.17) is 9.47 Å².